The third kappa shape index (κ3) is 2.83. The zero-order valence-electron chi connectivity index (χ0n) is 11.8. The Morgan fingerprint density at radius 2 is 2.05 bits per heavy atom. The summed E-state index contributed by atoms with van der Waals surface area (Å²) in [7, 11) is 0. The fraction of sp³-hybridized carbons (Fsp3) is 0.133. The summed E-state index contributed by atoms with van der Waals surface area (Å²) < 4.78 is 10.4. The number of nitro benzene ring substituents is 1. The van der Waals surface area contributed by atoms with Crippen LogP contribution < -0.4 is 14.9 Å². The van der Waals surface area contributed by atoms with Gasteiger partial charge in [0.15, 0.2) is 11.5 Å². The van der Waals surface area contributed by atoms with Crippen LogP contribution >= 0.6 is 0 Å². The van der Waals surface area contributed by atoms with Gasteiger partial charge in [-0.15, -0.1) is 0 Å². The van der Waals surface area contributed by atoms with Crippen molar-refractivity contribution in [3.8, 4) is 11.5 Å². The minimum atomic E-state index is -0.476. The molecule has 2 aromatic carbocycles. The SMILES string of the molecule is Cc1cccc(N/N=C\c2cc3c(cc2[N+](=O)[O-])OCO3)c1. The highest BCUT2D eigenvalue weighted by molar-refractivity contribution is 5.87. The van der Waals surface area contributed by atoms with Crippen LogP contribution in [0.25, 0.3) is 0 Å². The Balaban J connectivity index is 1.85. The number of ether oxygens (including phenoxy) is 2. The van der Waals surface area contributed by atoms with E-state index in [2.05, 4.69) is 10.5 Å². The highest BCUT2D eigenvalue weighted by Crippen LogP contribution is 2.37. The lowest BCUT2D eigenvalue weighted by Gasteiger charge is -2.02. The van der Waals surface area contributed by atoms with Crippen molar-refractivity contribution in [1.82, 2.24) is 0 Å². The van der Waals surface area contributed by atoms with Gasteiger partial charge in [0.05, 0.1) is 28.5 Å². The van der Waals surface area contributed by atoms with Gasteiger partial charge in [-0.05, 0) is 30.7 Å². The number of benzene rings is 2. The average Bonchev–Trinajstić information content (AvgIpc) is 2.93. The van der Waals surface area contributed by atoms with E-state index < -0.39 is 4.92 Å². The molecule has 1 N–H and O–H groups in total. The van der Waals surface area contributed by atoms with Gasteiger partial charge >= 0.3 is 0 Å². The molecule has 2 aromatic rings. The molecule has 112 valence electrons. The molecular formula is C15H13N3O4. The van der Waals surface area contributed by atoms with Gasteiger partial charge in [-0.2, -0.15) is 5.10 Å². The molecule has 0 atom stereocenters. The van der Waals surface area contributed by atoms with Crippen molar-refractivity contribution in [2.45, 2.75) is 6.92 Å². The minimum absolute atomic E-state index is 0.0641. The van der Waals surface area contributed by atoms with Gasteiger partial charge in [0.2, 0.25) is 6.79 Å². The summed E-state index contributed by atoms with van der Waals surface area (Å²) in [5.74, 6) is 0.845. The first-order valence-electron chi connectivity index (χ1n) is 6.57. The summed E-state index contributed by atoms with van der Waals surface area (Å²) in [6.45, 7) is 2.03. The number of nitrogens with zero attached hydrogens (tertiary/aromatic N) is 2. The highest BCUT2D eigenvalue weighted by atomic mass is 16.7. The summed E-state index contributed by atoms with van der Waals surface area (Å²) in [4.78, 5) is 10.7. The predicted octanol–water partition coefficient (Wildman–Crippen LogP) is 3.08. The highest BCUT2D eigenvalue weighted by Gasteiger charge is 2.22. The van der Waals surface area contributed by atoms with Crippen molar-refractivity contribution < 1.29 is 14.4 Å². The van der Waals surface area contributed by atoms with Gasteiger partial charge in [-0.25, -0.2) is 0 Å². The quantitative estimate of drug-likeness (QED) is 0.532. The molecule has 0 amide bonds. The third-order valence-corrected chi connectivity index (χ3v) is 3.13. The summed E-state index contributed by atoms with van der Waals surface area (Å²) in [6, 6.07) is 10.5. The van der Waals surface area contributed by atoms with Crippen molar-refractivity contribution in [2.24, 2.45) is 5.10 Å². The number of nitro groups is 1. The normalized spacial score (nSPS) is 12.6. The van der Waals surface area contributed by atoms with Gasteiger partial charge in [0.1, 0.15) is 0 Å². The van der Waals surface area contributed by atoms with Crippen molar-refractivity contribution >= 4 is 17.6 Å². The molecule has 22 heavy (non-hydrogen) atoms. The number of anilines is 1. The van der Waals surface area contributed by atoms with Gasteiger partial charge in [0, 0.05) is 0 Å². The molecule has 7 nitrogen and oxygen atoms in total. The second-order valence-corrected chi connectivity index (χ2v) is 4.76. The smallest absolute Gasteiger partial charge is 0.282 e. The number of fused-ring (bicyclic) bond motifs is 1. The Morgan fingerprint density at radius 1 is 1.27 bits per heavy atom. The van der Waals surface area contributed by atoms with Gasteiger partial charge in [-0.1, -0.05) is 12.1 Å². The van der Waals surface area contributed by atoms with E-state index in [-0.39, 0.29) is 12.5 Å². The Labute approximate surface area is 126 Å². The van der Waals surface area contributed by atoms with Crippen molar-refractivity contribution in [2.75, 3.05) is 12.2 Å². The molecule has 0 spiro atoms. The maximum absolute atomic E-state index is 11.1. The third-order valence-electron chi connectivity index (χ3n) is 3.13. The first-order chi connectivity index (χ1) is 10.6. The molecule has 0 aromatic heterocycles. The van der Waals surface area contributed by atoms with E-state index in [9.17, 15) is 10.1 Å². The molecular weight excluding hydrogens is 286 g/mol. The van der Waals surface area contributed by atoms with E-state index >= 15 is 0 Å². The topological polar surface area (TPSA) is 86.0 Å². The molecule has 7 heteroatoms. The van der Waals surface area contributed by atoms with Crippen LogP contribution in [0.1, 0.15) is 11.1 Å². The number of hydrogen-bond acceptors (Lipinski definition) is 6. The second kappa shape index (κ2) is 5.72. The van der Waals surface area contributed by atoms with E-state index in [0.717, 1.165) is 11.3 Å². The van der Waals surface area contributed by atoms with Gasteiger partial charge in [0.25, 0.3) is 5.69 Å². The van der Waals surface area contributed by atoms with Gasteiger partial charge < -0.3 is 9.47 Å². The summed E-state index contributed by atoms with van der Waals surface area (Å²) >= 11 is 0. The molecule has 0 aliphatic carbocycles. The zero-order chi connectivity index (χ0) is 15.5. The van der Waals surface area contributed by atoms with E-state index in [1.54, 1.807) is 6.07 Å². The maximum Gasteiger partial charge on any atom is 0.282 e. The lowest BCUT2D eigenvalue weighted by Crippen LogP contribution is -1.97. The molecule has 3 rings (SSSR count). The number of aryl methyl sites for hydroxylation is 1. The number of hydrogen-bond donors (Lipinski definition) is 1. The molecule has 0 radical (unpaired) electrons. The second-order valence-electron chi connectivity index (χ2n) is 4.76. The molecule has 0 fully saturated rings. The minimum Gasteiger partial charge on any atom is -0.454 e. The maximum atomic E-state index is 11.1. The molecule has 1 heterocycles. The van der Waals surface area contributed by atoms with Gasteiger partial charge in [-0.3, -0.25) is 15.5 Å². The van der Waals surface area contributed by atoms with Crippen LogP contribution in [0.3, 0.4) is 0 Å². The van der Waals surface area contributed by atoms with Crippen LogP contribution in [0.4, 0.5) is 11.4 Å². The standard InChI is InChI=1S/C15H13N3O4/c1-10-3-2-4-12(5-10)17-16-8-11-6-14-15(22-9-21-14)7-13(11)18(19)20/h2-8,17H,9H2,1H3/b16-8-. The fourth-order valence-electron chi connectivity index (χ4n) is 2.10. The van der Waals surface area contributed by atoms with E-state index in [4.69, 9.17) is 9.47 Å². The summed E-state index contributed by atoms with van der Waals surface area (Å²) in [5.41, 5.74) is 5.00. The van der Waals surface area contributed by atoms with Crippen molar-refractivity contribution in [1.29, 1.82) is 0 Å². The molecule has 0 saturated heterocycles. The van der Waals surface area contributed by atoms with Crippen LogP contribution in [0, 0.1) is 17.0 Å². The van der Waals surface area contributed by atoms with Crippen LogP contribution in [0.5, 0.6) is 11.5 Å². The van der Waals surface area contributed by atoms with Crippen LogP contribution in [-0.4, -0.2) is 17.9 Å². The monoisotopic (exact) mass is 299 g/mol. The molecule has 0 unspecified atom stereocenters. The van der Waals surface area contributed by atoms with Crippen molar-refractivity contribution in [3.63, 3.8) is 0 Å². The molecule has 1 aliphatic heterocycles. The first-order valence-corrected chi connectivity index (χ1v) is 6.57. The van der Waals surface area contributed by atoms with Crippen LogP contribution in [0.15, 0.2) is 41.5 Å². The molecule has 0 bridgehead atoms. The Kier molecular flexibility index (Phi) is 3.61. The average molecular weight is 299 g/mol. The first kappa shape index (κ1) is 13.9. The van der Waals surface area contributed by atoms with Crippen LogP contribution in [0.2, 0.25) is 0 Å². The fourth-order valence-corrected chi connectivity index (χ4v) is 2.10. The lowest BCUT2D eigenvalue weighted by molar-refractivity contribution is -0.385. The Bertz CT molecular complexity index is 758. The molecule has 0 saturated carbocycles. The van der Waals surface area contributed by atoms with E-state index in [1.807, 2.05) is 31.2 Å². The molecule has 1 aliphatic rings. The largest absolute Gasteiger partial charge is 0.454 e. The van der Waals surface area contributed by atoms with Crippen molar-refractivity contribution in [3.05, 3.63) is 57.6 Å². The number of nitrogens with one attached hydrogen (secondary N) is 1. The zero-order valence-corrected chi connectivity index (χ0v) is 11.8. The summed E-state index contributed by atoms with van der Waals surface area (Å²) in [5, 5.41) is 15.2. The predicted molar refractivity (Wildman–Crippen MR) is 81.6 cm³/mol. The van der Waals surface area contributed by atoms with E-state index in [1.165, 1.54) is 12.3 Å². The lowest BCUT2D eigenvalue weighted by atomic mass is 10.1. The van der Waals surface area contributed by atoms with E-state index in [0.29, 0.717) is 17.1 Å². The van der Waals surface area contributed by atoms with Crippen LogP contribution in [-0.2, 0) is 0 Å². The number of hydrazone groups is 1. The Hall–Kier alpha value is -3.09. The Morgan fingerprint density at radius 3 is 2.77 bits per heavy atom. The number of rotatable bonds is 4. The summed E-state index contributed by atoms with van der Waals surface area (Å²) in [6.07, 6.45) is 1.39.